The molecule has 1 aliphatic carbocycles. The van der Waals surface area contributed by atoms with Gasteiger partial charge in [-0.2, -0.15) is 0 Å². The van der Waals surface area contributed by atoms with Crippen LogP contribution in [0.4, 0.5) is 5.69 Å². The number of anilines is 1. The summed E-state index contributed by atoms with van der Waals surface area (Å²) >= 11 is 6.37. The standard InChI is InChI=1S/C15H23ClN2/c1-3-10-17-11-13-14(16)6-5-7-15(13)18(4-2)12-8-9-12/h5-7,12,17H,3-4,8-11H2,1-2H3. The first-order chi connectivity index (χ1) is 8.77. The Labute approximate surface area is 115 Å². The largest absolute Gasteiger partial charge is 0.369 e. The monoisotopic (exact) mass is 266 g/mol. The number of nitrogens with zero attached hydrogens (tertiary/aromatic N) is 1. The van der Waals surface area contributed by atoms with Crippen LogP contribution in [-0.4, -0.2) is 19.1 Å². The van der Waals surface area contributed by atoms with E-state index in [0.717, 1.165) is 37.1 Å². The molecule has 1 aromatic carbocycles. The van der Waals surface area contributed by atoms with Crippen molar-refractivity contribution < 1.29 is 0 Å². The van der Waals surface area contributed by atoms with E-state index in [0.29, 0.717) is 0 Å². The van der Waals surface area contributed by atoms with Crippen molar-refractivity contribution in [2.24, 2.45) is 0 Å². The molecule has 1 saturated carbocycles. The van der Waals surface area contributed by atoms with Gasteiger partial charge in [0.2, 0.25) is 0 Å². The third-order valence-corrected chi connectivity index (χ3v) is 3.81. The molecule has 0 spiro atoms. The molecule has 1 N–H and O–H groups in total. The number of hydrogen-bond donors (Lipinski definition) is 1. The molecule has 18 heavy (non-hydrogen) atoms. The Bertz CT molecular complexity index is 388. The van der Waals surface area contributed by atoms with Crippen LogP contribution in [0.2, 0.25) is 5.02 Å². The van der Waals surface area contributed by atoms with Gasteiger partial charge in [0.15, 0.2) is 0 Å². The fourth-order valence-corrected chi connectivity index (χ4v) is 2.63. The Balaban J connectivity index is 2.19. The highest BCUT2D eigenvalue weighted by molar-refractivity contribution is 6.31. The summed E-state index contributed by atoms with van der Waals surface area (Å²) in [6.45, 7) is 7.38. The smallest absolute Gasteiger partial charge is 0.0471 e. The molecule has 2 rings (SSSR count). The van der Waals surface area contributed by atoms with Crippen LogP contribution in [-0.2, 0) is 6.54 Å². The molecule has 0 amide bonds. The summed E-state index contributed by atoms with van der Waals surface area (Å²) < 4.78 is 0. The number of halogens is 1. The predicted molar refractivity (Wildman–Crippen MR) is 79.5 cm³/mol. The van der Waals surface area contributed by atoms with Gasteiger partial charge in [-0.05, 0) is 44.9 Å². The average Bonchev–Trinajstić information content (AvgIpc) is 3.18. The van der Waals surface area contributed by atoms with E-state index in [-0.39, 0.29) is 0 Å². The minimum absolute atomic E-state index is 0.735. The zero-order valence-electron chi connectivity index (χ0n) is 11.4. The quantitative estimate of drug-likeness (QED) is 0.755. The molecule has 0 atom stereocenters. The van der Waals surface area contributed by atoms with Gasteiger partial charge < -0.3 is 10.2 Å². The van der Waals surface area contributed by atoms with E-state index in [1.54, 1.807) is 0 Å². The second-order valence-electron chi connectivity index (χ2n) is 4.93. The van der Waals surface area contributed by atoms with E-state index in [4.69, 9.17) is 11.6 Å². The number of rotatable bonds is 7. The van der Waals surface area contributed by atoms with Gasteiger partial charge in [0.1, 0.15) is 0 Å². The van der Waals surface area contributed by atoms with Gasteiger partial charge >= 0.3 is 0 Å². The Kier molecular flexibility index (Phi) is 4.90. The van der Waals surface area contributed by atoms with Crippen molar-refractivity contribution in [3.8, 4) is 0 Å². The van der Waals surface area contributed by atoms with Crippen molar-refractivity contribution in [3.63, 3.8) is 0 Å². The normalized spacial score (nSPS) is 14.8. The van der Waals surface area contributed by atoms with E-state index in [1.807, 2.05) is 6.07 Å². The number of hydrogen-bond acceptors (Lipinski definition) is 2. The fraction of sp³-hybridized carbons (Fsp3) is 0.600. The van der Waals surface area contributed by atoms with E-state index in [1.165, 1.54) is 24.1 Å². The third-order valence-electron chi connectivity index (χ3n) is 3.46. The summed E-state index contributed by atoms with van der Waals surface area (Å²) in [7, 11) is 0. The molecule has 0 aromatic heterocycles. The van der Waals surface area contributed by atoms with Crippen molar-refractivity contribution in [2.75, 3.05) is 18.0 Å². The van der Waals surface area contributed by atoms with Crippen LogP contribution in [0.3, 0.4) is 0 Å². The van der Waals surface area contributed by atoms with Gasteiger partial charge in [-0.3, -0.25) is 0 Å². The lowest BCUT2D eigenvalue weighted by Crippen LogP contribution is -2.27. The minimum atomic E-state index is 0.735. The van der Waals surface area contributed by atoms with Gasteiger partial charge in [-0.1, -0.05) is 24.6 Å². The molecule has 3 heteroatoms. The Hall–Kier alpha value is -0.730. The summed E-state index contributed by atoms with van der Waals surface area (Å²) in [5.41, 5.74) is 2.57. The summed E-state index contributed by atoms with van der Waals surface area (Å²) in [6.07, 6.45) is 3.80. The van der Waals surface area contributed by atoms with E-state index < -0.39 is 0 Å². The third kappa shape index (κ3) is 3.18. The average molecular weight is 267 g/mol. The first-order valence-corrected chi connectivity index (χ1v) is 7.40. The Morgan fingerprint density at radius 3 is 2.72 bits per heavy atom. The van der Waals surface area contributed by atoms with Gasteiger partial charge in [0.05, 0.1) is 0 Å². The van der Waals surface area contributed by atoms with Crippen molar-refractivity contribution in [3.05, 3.63) is 28.8 Å². The second kappa shape index (κ2) is 6.44. The Morgan fingerprint density at radius 2 is 2.11 bits per heavy atom. The van der Waals surface area contributed by atoms with Crippen molar-refractivity contribution in [2.45, 2.75) is 45.7 Å². The molecule has 0 bridgehead atoms. The summed E-state index contributed by atoms with van der Waals surface area (Å²) in [5, 5.41) is 4.34. The summed E-state index contributed by atoms with van der Waals surface area (Å²) in [6, 6.07) is 7.00. The highest BCUT2D eigenvalue weighted by Crippen LogP contribution is 2.35. The maximum atomic E-state index is 6.37. The molecular weight excluding hydrogens is 244 g/mol. The summed E-state index contributed by atoms with van der Waals surface area (Å²) in [5.74, 6) is 0. The summed E-state index contributed by atoms with van der Waals surface area (Å²) in [4.78, 5) is 2.49. The van der Waals surface area contributed by atoms with Crippen LogP contribution in [0.5, 0.6) is 0 Å². The van der Waals surface area contributed by atoms with Gasteiger partial charge in [-0.15, -0.1) is 0 Å². The highest BCUT2D eigenvalue weighted by atomic mass is 35.5. The predicted octanol–water partition coefficient (Wildman–Crippen LogP) is 3.83. The number of benzene rings is 1. The van der Waals surface area contributed by atoms with Crippen LogP contribution >= 0.6 is 11.6 Å². The van der Waals surface area contributed by atoms with Crippen molar-refractivity contribution in [1.29, 1.82) is 0 Å². The molecule has 1 aromatic rings. The molecule has 0 heterocycles. The topological polar surface area (TPSA) is 15.3 Å². The van der Waals surface area contributed by atoms with Crippen LogP contribution < -0.4 is 10.2 Å². The lowest BCUT2D eigenvalue weighted by molar-refractivity contribution is 0.672. The molecule has 1 aliphatic rings. The van der Waals surface area contributed by atoms with Crippen LogP contribution in [0.1, 0.15) is 38.7 Å². The van der Waals surface area contributed by atoms with E-state index >= 15 is 0 Å². The Morgan fingerprint density at radius 1 is 1.33 bits per heavy atom. The zero-order chi connectivity index (χ0) is 13.0. The molecule has 1 fully saturated rings. The molecule has 100 valence electrons. The molecule has 0 radical (unpaired) electrons. The maximum Gasteiger partial charge on any atom is 0.0471 e. The SMILES string of the molecule is CCCNCc1c(Cl)cccc1N(CC)C1CC1. The first-order valence-electron chi connectivity index (χ1n) is 7.02. The van der Waals surface area contributed by atoms with Crippen LogP contribution in [0.15, 0.2) is 18.2 Å². The van der Waals surface area contributed by atoms with Crippen molar-refractivity contribution >= 4 is 17.3 Å². The molecular formula is C15H23ClN2. The zero-order valence-corrected chi connectivity index (χ0v) is 12.1. The number of nitrogens with one attached hydrogen (secondary N) is 1. The van der Waals surface area contributed by atoms with Gasteiger partial charge in [0.25, 0.3) is 0 Å². The highest BCUT2D eigenvalue weighted by Gasteiger charge is 2.29. The maximum absolute atomic E-state index is 6.37. The van der Waals surface area contributed by atoms with Gasteiger partial charge in [-0.25, -0.2) is 0 Å². The van der Waals surface area contributed by atoms with Gasteiger partial charge in [0, 0.05) is 35.4 Å². The van der Waals surface area contributed by atoms with Crippen LogP contribution in [0, 0.1) is 0 Å². The molecule has 0 saturated heterocycles. The second-order valence-corrected chi connectivity index (χ2v) is 5.34. The van der Waals surface area contributed by atoms with E-state index in [2.05, 4.69) is 36.2 Å². The molecule has 0 unspecified atom stereocenters. The molecule has 2 nitrogen and oxygen atoms in total. The lowest BCUT2D eigenvalue weighted by Gasteiger charge is -2.26. The van der Waals surface area contributed by atoms with Crippen LogP contribution in [0.25, 0.3) is 0 Å². The lowest BCUT2D eigenvalue weighted by atomic mass is 10.1. The van der Waals surface area contributed by atoms with E-state index in [9.17, 15) is 0 Å². The first kappa shape index (κ1) is 13.7. The minimum Gasteiger partial charge on any atom is -0.369 e. The molecule has 0 aliphatic heterocycles. The van der Waals surface area contributed by atoms with Crippen molar-refractivity contribution in [1.82, 2.24) is 5.32 Å². The fourth-order valence-electron chi connectivity index (χ4n) is 2.39.